The number of aromatic nitrogens is 1. The van der Waals surface area contributed by atoms with E-state index in [0.29, 0.717) is 6.42 Å². The fourth-order valence-corrected chi connectivity index (χ4v) is 3.49. The van der Waals surface area contributed by atoms with Gasteiger partial charge in [-0.1, -0.05) is 64.3 Å². The highest BCUT2D eigenvalue weighted by Gasteiger charge is 2.12. The first-order chi connectivity index (χ1) is 20.0. The molecule has 1 aliphatic heterocycles. The first-order valence-electron chi connectivity index (χ1n) is 14.8. The summed E-state index contributed by atoms with van der Waals surface area (Å²) in [4.78, 5) is 16.0. The molecule has 1 saturated heterocycles. The number of pyridine rings is 1. The maximum absolute atomic E-state index is 9.40. The van der Waals surface area contributed by atoms with Crippen LogP contribution in [0, 0.1) is 6.92 Å². The van der Waals surface area contributed by atoms with Crippen molar-refractivity contribution < 1.29 is 9.53 Å². The number of ether oxygens (including phenoxy) is 1. The molecule has 7 heteroatoms. The van der Waals surface area contributed by atoms with E-state index in [1.165, 1.54) is 49.8 Å². The largest absolute Gasteiger partial charge is 0.382 e. The molecule has 2 aromatic rings. The second-order valence-corrected chi connectivity index (χ2v) is 8.76. The number of hydrogen-bond donors (Lipinski definition) is 2. The molecule has 0 saturated carbocycles. The van der Waals surface area contributed by atoms with Crippen molar-refractivity contribution in [2.45, 2.75) is 66.7 Å². The number of nitrogens with two attached hydrogens (primary N) is 1. The molecule has 0 radical (unpaired) electrons. The van der Waals surface area contributed by atoms with Gasteiger partial charge in [0.05, 0.1) is 11.9 Å². The first kappa shape index (κ1) is 42.8. The molecule has 0 unspecified atom stereocenters. The topological polar surface area (TPSA) is 80.5 Å². The summed E-state index contributed by atoms with van der Waals surface area (Å²) >= 11 is 0. The van der Waals surface area contributed by atoms with Crippen molar-refractivity contribution in [1.29, 1.82) is 0 Å². The Balaban J connectivity index is -0.000000472. The molecule has 1 aliphatic rings. The number of aldehydes is 1. The first-order valence-corrected chi connectivity index (χ1v) is 15.4. The van der Waals surface area contributed by atoms with Gasteiger partial charge in [0.2, 0.25) is 0 Å². The van der Waals surface area contributed by atoms with Crippen LogP contribution in [0.25, 0.3) is 5.57 Å². The van der Waals surface area contributed by atoms with Crippen LogP contribution < -0.4 is 16.0 Å². The fraction of sp³-hybridized carbons (Fsp3) is 0.500. The second kappa shape index (κ2) is 33.6. The summed E-state index contributed by atoms with van der Waals surface area (Å²) in [5.41, 5.74) is 10.3. The van der Waals surface area contributed by atoms with E-state index in [0.717, 1.165) is 50.0 Å². The van der Waals surface area contributed by atoms with Gasteiger partial charge in [-0.2, -0.15) is 0 Å². The molecule has 0 bridgehead atoms. The Bertz CT molecular complexity index is 894. The van der Waals surface area contributed by atoms with E-state index in [1.807, 2.05) is 65.1 Å². The van der Waals surface area contributed by atoms with Crippen LogP contribution in [0.5, 0.6) is 0 Å². The predicted molar refractivity (Wildman–Crippen MR) is 187 cm³/mol. The average molecular weight is 587 g/mol. The smallest absolute Gasteiger partial charge is 0.119 e. The van der Waals surface area contributed by atoms with Gasteiger partial charge < -0.3 is 25.5 Å². The molecule has 0 aliphatic carbocycles. The number of nitrogens with zero attached hydrogens (tertiary/aromatic N) is 2. The molecule has 3 rings (SSSR count). The molecule has 0 atom stereocenters. The molecule has 6 nitrogen and oxygen atoms in total. The van der Waals surface area contributed by atoms with Crippen molar-refractivity contribution in [2.75, 3.05) is 51.8 Å². The zero-order chi connectivity index (χ0) is 31.7. The van der Waals surface area contributed by atoms with Gasteiger partial charge in [-0.25, -0.2) is 0 Å². The van der Waals surface area contributed by atoms with E-state index < -0.39 is 0 Å². The predicted octanol–water partition coefficient (Wildman–Crippen LogP) is 7.39. The van der Waals surface area contributed by atoms with E-state index in [-0.39, 0.29) is 0 Å². The van der Waals surface area contributed by atoms with Crippen LogP contribution in [0.4, 0.5) is 5.69 Å². The van der Waals surface area contributed by atoms with Gasteiger partial charge in [-0.15, -0.1) is 8.86 Å². The Morgan fingerprint density at radius 1 is 1.17 bits per heavy atom. The molecule has 2 heterocycles. The van der Waals surface area contributed by atoms with Crippen molar-refractivity contribution in [2.24, 2.45) is 5.73 Å². The molecule has 0 amide bonds. The third-order valence-corrected chi connectivity index (χ3v) is 5.78. The van der Waals surface area contributed by atoms with E-state index in [2.05, 4.69) is 68.1 Å². The van der Waals surface area contributed by atoms with Crippen molar-refractivity contribution in [3.05, 3.63) is 78.6 Å². The van der Waals surface area contributed by atoms with Crippen molar-refractivity contribution in [3.8, 4) is 0 Å². The van der Waals surface area contributed by atoms with Crippen molar-refractivity contribution in [3.63, 3.8) is 0 Å². The summed E-state index contributed by atoms with van der Waals surface area (Å²) in [6, 6.07) is 10.3. The van der Waals surface area contributed by atoms with Crippen LogP contribution >= 0.6 is 8.86 Å². The lowest BCUT2D eigenvalue weighted by Gasteiger charge is -2.16. The summed E-state index contributed by atoms with van der Waals surface area (Å²) < 4.78 is 5.10. The maximum atomic E-state index is 9.40. The minimum absolute atomic E-state index is 0.708. The van der Waals surface area contributed by atoms with Crippen LogP contribution in [0.1, 0.15) is 76.5 Å². The molecule has 3 N–H and O–H groups in total. The number of anilines is 1. The second-order valence-electron chi connectivity index (χ2n) is 8.47. The lowest BCUT2D eigenvalue weighted by molar-refractivity contribution is -0.107. The number of aryl methyl sites for hydroxylation is 1. The molecular weight excluding hydrogens is 527 g/mol. The van der Waals surface area contributed by atoms with Gasteiger partial charge in [-0.3, -0.25) is 4.98 Å². The third kappa shape index (κ3) is 23.7. The maximum Gasteiger partial charge on any atom is 0.119 e. The monoisotopic (exact) mass is 586 g/mol. The number of rotatable bonds is 11. The normalized spacial score (nSPS) is 10.7. The Morgan fingerprint density at radius 3 is 2.27 bits per heavy atom. The van der Waals surface area contributed by atoms with Crippen molar-refractivity contribution in [1.82, 2.24) is 10.3 Å². The quantitative estimate of drug-likeness (QED) is 0.124. The summed E-state index contributed by atoms with van der Waals surface area (Å²) in [6.45, 7) is 22.8. The van der Waals surface area contributed by atoms with E-state index >= 15 is 0 Å². The minimum atomic E-state index is 0.708. The van der Waals surface area contributed by atoms with Crippen LogP contribution in [0.2, 0.25) is 0 Å². The SMILES string of the molecule is C=CC(=C)c1ccccc1C.CC.CCCC=O.CCOCCCNC.CN.P=Cc1cncc(N2CCCC2)c1. The number of allylic oxidation sites excluding steroid dienone is 2. The van der Waals surface area contributed by atoms with Gasteiger partial charge in [0.25, 0.3) is 0 Å². The Morgan fingerprint density at radius 2 is 1.80 bits per heavy atom. The number of carbonyl (C=O) groups is 1. The van der Waals surface area contributed by atoms with E-state index in [9.17, 15) is 4.79 Å². The average Bonchev–Trinajstić information content (AvgIpc) is 3.58. The lowest BCUT2D eigenvalue weighted by Crippen LogP contribution is -2.17. The zero-order valence-electron chi connectivity index (χ0n) is 27.0. The highest BCUT2D eigenvalue weighted by molar-refractivity contribution is 7.19. The number of nitrogens with one attached hydrogen (secondary N) is 1. The van der Waals surface area contributed by atoms with Crippen LogP contribution in [0.3, 0.4) is 0 Å². The van der Waals surface area contributed by atoms with Gasteiger partial charge in [0.15, 0.2) is 0 Å². The number of benzene rings is 1. The van der Waals surface area contributed by atoms with Gasteiger partial charge in [-0.05, 0) is 94.3 Å². The number of unbranched alkanes of at least 4 members (excludes halogenated alkanes) is 1. The zero-order valence-corrected chi connectivity index (χ0v) is 28.0. The molecule has 0 spiro atoms. The minimum Gasteiger partial charge on any atom is -0.382 e. The van der Waals surface area contributed by atoms with Gasteiger partial charge >= 0.3 is 0 Å². The van der Waals surface area contributed by atoms with E-state index in [1.54, 1.807) is 6.08 Å². The lowest BCUT2D eigenvalue weighted by atomic mass is 10.0. The molecule has 1 aromatic carbocycles. The molecule has 41 heavy (non-hydrogen) atoms. The van der Waals surface area contributed by atoms with Crippen LogP contribution in [0.15, 0.2) is 62.0 Å². The van der Waals surface area contributed by atoms with Crippen LogP contribution in [-0.2, 0) is 9.53 Å². The van der Waals surface area contributed by atoms with Gasteiger partial charge in [0, 0.05) is 38.9 Å². The highest BCUT2D eigenvalue weighted by atomic mass is 31.0. The molecule has 1 aromatic heterocycles. The summed E-state index contributed by atoms with van der Waals surface area (Å²) in [5.74, 6) is 1.90. The molecule has 1 fully saturated rings. The van der Waals surface area contributed by atoms with Gasteiger partial charge in [0.1, 0.15) is 6.29 Å². The summed E-state index contributed by atoms with van der Waals surface area (Å²) in [7, 11) is 6.81. The third-order valence-electron chi connectivity index (χ3n) is 5.45. The van der Waals surface area contributed by atoms with E-state index in [4.69, 9.17) is 4.74 Å². The molecule has 232 valence electrons. The summed E-state index contributed by atoms with van der Waals surface area (Å²) in [5, 5.41) is 3.05. The summed E-state index contributed by atoms with van der Waals surface area (Å²) in [6.07, 6.45) is 11.9. The standard InChI is InChI=1S/C11H12.C10H13N2P.C6H15NO.C4H8O.C2H6.CH5N/c1-4-9(2)11-8-6-5-7-10(11)3;13-8-9-5-10(7-11-6-9)12-3-1-2-4-12;1-3-8-6-4-5-7-2;1-2-3-4-5;2*1-2/h4-8H,1-2H2,3H3;5-8,13H,1-4H2;7H,3-6H2,1-2H3;4H,2-3H2,1H3;1-2H3;2H2,1H3. The van der Waals surface area contributed by atoms with Crippen molar-refractivity contribution >= 4 is 32.2 Å². The number of carbonyl (C=O) groups excluding carboxylic acids is 1. The Labute approximate surface area is 254 Å². The highest BCUT2D eigenvalue weighted by Crippen LogP contribution is 2.19. The number of hydrogen-bond acceptors (Lipinski definition) is 6. The Hall–Kier alpha value is -2.63. The Kier molecular flexibility index (Phi) is 35.1. The van der Waals surface area contributed by atoms with Crippen LogP contribution in [-0.4, -0.2) is 64.0 Å². The fourth-order valence-electron chi connectivity index (χ4n) is 3.33. The molecular formula is C34H59N4O2P.